The van der Waals surface area contributed by atoms with E-state index in [1.54, 1.807) is 0 Å². The average Bonchev–Trinajstić information content (AvgIpc) is 2.15. The first-order valence-corrected chi connectivity index (χ1v) is 4.22. The Morgan fingerprint density at radius 1 is 1.56 bits per heavy atom. The molecule has 0 unspecified atom stereocenters. The fraction of sp³-hybridized carbons (Fsp3) is 0.333. The van der Waals surface area contributed by atoms with Crippen molar-refractivity contribution in [2.24, 2.45) is 0 Å². The number of methoxy groups -OCH3 is 1. The Morgan fingerprint density at radius 3 is 2.62 bits per heavy atom. The van der Waals surface area contributed by atoms with Gasteiger partial charge in [0.25, 0.3) is 6.43 Å². The molecule has 0 aliphatic rings. The quantitative estimate of drug-likeness (QED) is 0.631. The summed E-state index contributed by atoms with van der Waals surface area (Å²) in [6.07, 6.45) is -3.58. The molecule has 0 atom stereocenters. The number of H-pyrrole nitrogens is 1. The van der Waals surface area contributed by atoms with Crippen molar-refractivity contribution in [1.82, 2.24) is 4.98 Å². The first-order chi connectivity index (χ1) is 7.45. The van der Waals surface area contributed by atoms with Crippen LogP contribution in [0.2, 0.25) is 0 Å². The third-order valence-corrected chi connectivity index (χ3v) is 1.86. The van der Waals surface area contributed by atoms with E-state index in [1.165, 1.54) is 0 Å². The van der Waals surface area contributed by atoms with Gasteiger partial charge >= 0.3 is 5.97 Å². The van der Waals surface area contributed by atoms with E-state index >= 15 is 0 Å². The van der Waals surface area contributed by atoms with Crippen LogP contribution in [0.4, 0.5) is 13.2 Å². The number of alkyl halides is 2. The van der Waals surface area contributed by atoms with E-state index in [0.717, 1.165) is 13.2 Å². The molecular weight excluding hydrogens is 227 g/mol. The molecule has 1 aromatic heterocycles. The summed E-state index contributed by atoms with van der Waals surface area (Å²) in [4.78, 5) is 23.8. The summed E-state index contributed by atoms with van der Waals surface area (Å²) >= 11 is 0. The lowest BCUT2D eigenvalue weighted by molar-refractivity contribution is -0.139. The van der Waals surface area contributed by atoms with Gasteiger partial charge in [-0.05, 0) is 0 Å². The second kappa shape index (κ2) is 4.82. The molecule has 16 heavy (non-hydrogen) atoms. The zero-order valence-electron chi connectivity index (χ0n) is 8.22. The lowest BCUT2D eigenvalue weighted by atomic mass is 10.2. The van der Waals surface area contributed by atoms with Crippen molar-refractivity contribution < 1.29 is 22.7 Å². The van der Waals surface area contributed by atoms with Gasteiger partial charge < -0.3 is 9.72 Å². The normalized spacial score (nSPS) is 10.6. The highest BCUT2D eigenvalue weighted by molar-refractivity contribution is 5.71. The van der Waals surface area contributed by atoms with Crippen LogP contribution in [-0.4, -0.2) is 18.1 Å². The predicted octanol–water partition coefficient (Wildman–Crippen LogP) is 1.17. The Hall–Kier alpha value is -1.79. The van der Waals surface area contributed by atoms with Gasteiger partial charge in [-0.3, -0.25) is 9.59 Å². The number of hydrogen-bond donors (Lipinski definition) is 1. The molecule has 4 nitrogen and oxygen atoms in total. The van der Waals surface area contributed by atoms with Crippen molar-refractivity contribution >= 4 is 5.97 Å². The fourth-order valence-electron chi connectivity index (χ4n) is 1.11. The van der Waals surface area contributed by atoms with Gasteiger partial charge in [0.1, 0.15) is 5.56 Å². The number of carbonyl (C=O) groups is 1. The maximum Gasteiger partial charge on any atom is 0.311 e. The summed E-state index contributed by atoms with van der Waals surface area (Å²) in [5.41, 5.74) is -2.49. The molecule has 7 heteroatoms. The predicted molar refractivity (Wildman–Crippen MR) is 47.7 cm³/mol. The minimum Gasteiger partial charge on any atom is -0.469 e. The number of halogens is 3. The highest BCUT2D eigenvalue weighted by Crippen LogP contribution is 2.17. The van der Waals surface area contributed by atoms with Crippen LogP contribution in [0, 0.1) is 5.95 Å². The van der Waals surface area contributed by atoms with Gasteiger partial charge in [0.15, 0.2) is 5.43 Å². The summed E-state index contributed by atoms with van der Waals surface area (Å²) in [5, 5.41) is 0. The van der Waals surface area contributed by atoms with Crippen LogP contribution in [0.5, 0.6) is 0 Å². The number of hydrogen-bond acceptors (Lipinski definition) is 3. The molecule has 1 aromatic rings. The first kappa shape index (κ1) is 12.3. The molecule has 0 bridgehead atoms. The molecule has 0 saturated heterocycles. The van der Waals surface area contributed by atoms with Crippen LogP contribution in [0.1, 0.15) is 17.7 Å². The Balaban J connectivity index is 3.10. The van der Waals surface area contributed by atoms with Gasteiger partial charge in [-0.2, -0.15) is 4.39 Å². The Morgan fingerprint density at radius 2 is 2.19 bits per heavy atom. The monoisotopic (exact) mass is 235 g/mol. The number of aromatic nitrogens is 1. The molecule has 0 radical (unpaired) electrons. The van der Waals surface area contributed by atoms with Crippen LogP contribution in [-0.2, 0) is 16.0 Å². The molecule has 0 fully saturated rings. The molecule has 0 aromatic carbocycles. The first-order valence-electron chi connectivity index (χ1n) is 4.22. The zero-order valence-corrected chi connectivity index (χ0v) is 8.22. The maximum atomic E-state index is 13.0. The Kier molecular flexibility index (Phi) is 3.70. The summed E-state index contributed by atoms with van der Waals surface area (Å²) in [6, 6.07) is 0.751. The highest BCUT2D eigenvalue weighted by Gasteiger charge is 2.19. The van der Waals surface area contributed by atoms with Crippen molar-refractivity contribution in [3.8, 4) is 0 Å². The van der Waals surface area contributed by atoms with Crippen molar-refractivity contribution in [2.45, 2.75) is 12.8 Å². The topological polar surface area (TPSA) is 59.2 Å². The molecule has 0 saturated carbocycles. The van der Waals surface area contributed by atoms with E-state index in [2.05, 4.69) is 4.74 Å². The molecule has 1 rings (SSSR count). The minimum atomic E-state index is -3.20. The lowest BCUT2D eigenvalue weighted by Crippen LogP contribution is -2.17. The number of ether oxygens (including phenoxy) is 1. The van der Waals surface area contributed by atoms with E-state index in [0.29, 0.717) is 0 Å². The Bertz CT molecular complexity index is 456. The molecule has 1 heterocycles. The van der Waals surface area contributed by atoms with Crippen LogP contribution in [0.3, 0.4) is 0 Å². The van der Waals surface area contributed by atoms with Crippen LogP contribution in [0.15, 0.2) is 10.9 Å². The largest absolute Gasteiger partial charge is 0.469 e. The number of esters is 1. The molecular formula is C9H8F3NO3. The number of nitrogens with one attached hydrogen (secondary N) is 1. The van der Waals surface area contributed by atoms with Gasteiger partial charge in [0.05, 0.1) is 13.5 Å². The van der Waals surface area contributed by atoms with Crippen molar-refractivity contribution in [1.29, 1.82) is 0 Å². The molecule has 88 valence electrons. The van der Waals surface area contributed by atoms with Crippen LogP contribution in [0.25, 0.3) is 0 Å². The van der Waals surface area contributed by atoms with Gasteiger partial charge in [-0.1, -0.05) is 0 Å². The van der Waals surface area contributed by atoms with Gasteiger partial charge in [-0.15, -0.1) is 0 Å². The van der Waals surface area contributed by atoms with E-state index in [-0.39, 0.29) is 12.1 Å². The number of aromatic amines is 1. The standard InChI is InChI=1S/C9H8F3NO3/c1-16-6(15)3-4-2-5(14)7(8(10)11)9(12)13-4/h2,8H,3H2,1H3,(H,13,14). The third kappa shape index (κ3) is 2.62. The van der Waals surface area contributed by atoms with Gasteiger partial charge in [-0.25, -0.2) is 8.78 Å². The van der Waals surface area contributed by atoms with Crippen LogP contribution < -0.4 is 5.43 Å². The van der Waals surface area contributed by atoms with E-state index in [9.17, 15) is 22.8 Å². The van der Waals surface area contributed by atoms with Crippen molar-refractivity contribution in [2.75, 3.05) is 7.11 Å². The highest BCUT2D eigenvalue weighted by atomic mass is 19.3. The number of pyridine rings is 1. The van der Waals surface area contributed by atoms with Gasteiger partial charge in [0.2, 0.25) is 5.95 Å². The SMILES string of the molecule is COC(=O)Cc1cc(=O)c(C(F)F)c(F)[nH]1. The van der Waals surface area contributed by atoms with Crippen LogP contribution >= 0.6 is 0 Å². The third-order valence-electron chi connectivity index (χ3n) is 1.86. The number of rotatable bonds is 3. The molecule has 0 amide bonds. The van der Waals surface area contributed by atoms with Crippen molar-refractivity contribution in [3.63, 3.8) is 0 Å². The molecule has 0 aliphatic heterocycles. The fourth-order valence-corrected chi connectivity index (χ4v) is 1.11. The second-order valence-corrected chi connectivity index (χ2v) is 2.94. The zero-order chi connectivity index (χ0) is 12.3. The Labute approximate surface area is 88.0 Å². The van der Waals surface area contributed by atoms with Crippen molar-refractivity contribution in [3.05, 3.63) is 33.5 Å². The van der Waals surface area contributed by atoms with E-state index < -0.39 is 29.3 Å². The summed E-state index contributed by atoms with van der Waals surface area (Å²) in [5.74, 6) is -2.14. The van der Waals surface area contributed by atoms with Gasteiger partial charge in [0, 0.05) is 11.8 Å². The molecule has 0 aliphatic carbocycles. The lowest BCUT2D eigenvalue weighted by Gasteiger charge is -2.04. The van der Waals surface area contributed by atoms with E-state index in [1.807, 2.05) is 4.98 Å². The summed E-state index contributed by atoms with van der Waals surface area (Å²) in [6.45, 7) is 0. The summed E-state index contributed by atoms with van der Waals surface area (Å²) < 4.78 is 41.7. The minimum absolute atomic E-state index is 0.112. The maximum absolute atomic E-state index is 13.0. The smallest absolute Gasteiger partial charge is 0.311 e. The number of carbonyl (C=O) groups excluding carboxylic acids is 1. The average molecular weight is 235 g/mol. The second-order valence-electron chi connectivity index (χ2n) is 2.94. The van der Waals surface area contributed by atoms with E-state index in [4.69, 9.17) is 0 Å². The summed E-state index contributed by atoms with van der Waals surface area (Å²) in [7, 11) is 1.12. The molecule has 1 N–H and O–H groups in total. The molecule has 0 spiro atoms.